The van der Waals surface area contributed by atoms with Crippen LogP contribution in [-0.2, 0) is 20.8 Å². The first-order valence-electron chi connectivity index (χ1n) is 8.10. The number of hydrogen-bond donors (Lipinski definition) is 2. The highest BCUT2D eigenvalue weighted by molar-refractivity contribution is 8.13. The number of alkyl carbamates (subject to hydrolysis) is 1. The fraction of sp³-hybridized carbons (Fsp3) is 0.500. The molecular formula is C18H27N3O4S. The zero-order valence-electron chi connectivity index (χ0n) is 16.1. The number of carbonyl (C=O) groups is 2. The minimum Gasteiger partial charge on any atom is -0.444 e. The molecule has 0 fully saturated rings. The molecule has 0 saturated carbocycles. The Bertz CT molecular complexity index is 641. The number of hydroxylamine groups is 2. The molecule has 0 unspecified atom stereocenters. The maximum absolute atomic E-state index is 12.5. The molecule has 0 aliphatic heterocycles. The second-order valence-corrected chi connectivity index (χ2v) is 7.47. The van der Waals surface area contributed by atoms with Crippen LogP contribution in [0.15, 0.2) is 24.3 Å². The first-order chi connectivity index (χ1) is 12.1. The Kier molecular flexibility index (Phi) is 8.10. The zero-order valence-corrected chi connectivity index (χ0v) is 16.9. The summed E-state index contributed by atoms with van der Waals surface area (Å²) in [6, 6.07) is 6.49. The van der Waals surface area contributed by atoms with E-state index in [4.69, 9.17) is 15.0 Å². The molecule has 1 aromatic carbocycles. The van der Waals surface area contributed by atoms with Crippen molar-refractivity contribution >= 4 is 28.8 Å². The van der Waals surface area contributed by atoms with Crippen LogP contribution < -0.4 is 5.32 Å². The number of likely N-dealkylation sites (N-methyl/N-ethyl adjacent to an activating group) is 1. The van der Waals surface area contributed by atoms with Crippen LogP contribution in [0, 0.1) is 5.41 Å². The van der Waals surface area contributed by atoms with Crippen molar-refractivity contribution in [2.75, 3.05) is 20.4 Å². The first kappa shape index (κ1) is 22.0. The highest BCUT2D eigenvalue weighted by Gasteiger charge is 2.27. The molecule has 0 bridgehead atoms. The minimum absolute atomic E-state index is 0.276. The van der Waals surface area contributed by atoms with Crippen LogP contribution in [0.4, 0.5) is 4.79 Å². The number of ether oxygens (including phenoxy) is 1. The van der Waals surface area contributed by atoms with Crippen molar-refractivity contribution in [3.63, 3.8) is 0 Å². The predicted octanol–water partition coefficient (Wildman–Crippen LogP) is 2.83. The van der Waals surface area contributed by atoms with Crippen molar-refractivity contribution in [1.82, 2.24) is 10.4 Å². The maximum Gasteiger partial charge on any atom is 0.408 e. The molecular weight excluding hydrogens is 354 g/mol. The smallest absolute Gasteiger partial charge is 0.408 e. The summed E-state index contributed by atoms with van der Waals surface area (Å²) >= 11 is 1.36. The SMILES string of the molecule is CON(C)C(=O)[C@H](Cc1ccc(C(=N)SC)cc1)NC(=O)OC(C)(C)C. The molecule has 0 aliphatic rings. The van der Waals surface area contributed by atoms with E-state index in [-0.39, 0.29) is 12.3 Å². The third-order valence-electron chi connectivity index (χ3n) is 3.43. The lowest BCUT2D eigenvalue weighted by Gasteiger charge is -2.25. The number of nitrogens with one attached hydrogen (secondary N) is 2. The lowest BCUT2D eigenvalue weighted by Crippen LogP contribution is -2.49. The van der Waals surface area contributed by atoms with Crippen LogP contribution in [0.1, 0.15) is 31.9 Å². The number of thioether (sulfide) groups is 1. The van der Waals surface area contributed by atoms with Crippen LogP contribution in [0.5, 0.6) is 0 Å². The second kappa shape index (κ2) is 9.59. The topological polar surface area (TPSA) is 91.7 Å². The fourth-order valence-electron chi connectivity index (χ4n) is 2.11. The van der Waals surface area contributed by atoms with Crippen LogP contribution in [0.25, 0.3) is 0 Å². The van der Waals surface area contributed by atoms with E-state index in [2.05, 4.69) is 5.32 Å². The van der Waals surface area contributed by atoms with Gasteiger partial charge in [-0.25, -0.2) is 9.86 Å². The van der Waals surface area contributed by atoms with Crippen LogP contribution in [0.2, 0.25) is 0 Å². The third-order valence-corrected chi connectivity index (χ3v) is 4.08. The van der Waals surface area contributed by atoms with Gasteiger partial charge in [0.25, 0.3) is 5.91 Å². The molecule has 144 valence electrons. The molecule has 2 amide bonds. The average molecular weight is 381 g/mol. The van der Waals surface area contributed by atoms with E-state index in [0.717, 1.165) is 16.2 Å². The van der Waals surface area contributed by atoms with Gasteiger partial charge in [0, 0.05) is 19.0 Å². The molecule has 0 aromatic heterocycles. The highest BCUT2D eigenvalue weighted by Crippen LogP contribution is 2.13. The number of amides is 2. The molecule has 26 heavy (non-hydrogen) atoms. The molecule has 1 atom stereocenters. The quantitative estimate of drug-likeness (QED) is 0.449. The standard InChI is InChI=1S/C18H27N3O4S/c1-18(2,3)25-17(23)20-14(16(22)21(4)24-5)11-12-7-9-13(10-8-12)15(19)26-6/h7-10,14,19H,11H2,1-6H3,(H,20,23)/t14-/m0/s1. The summed E-state index contributed by atoms with van der Waals surface area (Å²) in [4.78, 5) is 29.5. The van der Waals surface area contributed by atoms with Crippen molar-refractivity contribution in [1.29, 1.82) is 5.41 Å². The van der Waals surface area contributed by atoms with Crippen LogP contribution >= 0.6 is 11.8 Å². The van der Waals surface area contributed by atoms with Crippen LogP contribution in [-0.4, -0.2) is 54.2 Å². The lowest BCUT2D eigenvalue weighted by molar-refractivity contribution is -0.171. The van der Waals surface area contributed by atoms with Crippen molar-refractivity contribution < 1.29 is 19.2 Å². The van der Waals surface area contributed by atoms with E-state index in [1.54, 1.807) is 20.8 Å². The minimum atomic E-state index is -0.833. The zero-order chi connectivity index (χ0) is 19.9. The summed E-state index contributed by atoms with van der Waals surface area (Å²) in [5.74, 6) is -0.390. The molecule has 1 rings (SSSR count). The molecule has 0 aliphatic carbocycles. The Balaban J connectivity index is 2.93. The van der Waals surface area contributed by atoms with Gasteiger partial charge in [-0.2, -0.15) is 0 Å². The molecule has 2 N–H and O–H groups in total. The Hall–Kier alpha value is -2.06. The molecule has 8 heteroatoms. The van der Waals surface area contributed by atoms with Gasteiger partial charge in [-0.05, 0) is 32.6 Å². The van der Waals surface area contributed by atoms with Gasteiger partial charge in [0.05, 0.1) is 12.2 Å². The van der Waals surface area contributed by atoms with E-state index in [0.29, 0.717) is 5.04 Å². The van der Waals surface area contributed by atoms with Gasteiger partial charge in [-0.15, -0.1) is 11.8 Å². The summed E-state index contributed by atoms with van der Waals surface area (Å²) < 4.78 is 5.24. The van der Waals surface area contributed by atoms with E-state index < -0.39 is 17.7 Å². The van der Waals surface area contributed by atoms with Crippen molar-refractivity contribution in [3.8, 4) is 0 Å². The summed E-state index contributed by atoms with van der Waals surface area (Å²) in [5.41, 5.74) is 0.991. The van der Waals surface area contributed by atoms with E-state index in [1.165, 1.54) is 25.9 Å². The van der Waals surface area contributed by atoms with Gasteiger partial charge in [0.2, 0.25) is 0 Å². The average Bonchev–Trinajstić information content (AvgIpc) is 2.58. The lowest BCUT2D eigenvalue weighted by atomic mass is 10.0. The number of nitrogens with zero attached hydrogens (tertiary/aromatic N) is 1. The van der Waals surface area contributed by atoms with Gasteiger partial charge in [-0.3, -0.25) is 15.0 Å². The van der Waals surface area contributed by atoms with Crippen molar-refractivity contribution in [3.05, 3.63) is 35.4 Å². The number of benzene rings is 1. The Morgan fingerprint density at radius 2 is 1.85 bits per heavy atom. The van der Waals surface area contributed by atoms with Gasteiger partial charge in [0.1, 0.15) is 11.6 Å². The van der Waals surface area contributed by atoms with Gasteiger partial charge in [-0.1, -0.05) is 24.3 Å². The van der Waals surface area contributed by atoms with Crippen molar-refractivity contribution in [2.45, 2.75) is 38.8 Å². The Labute approximate surface area is 158 Å². The number of carbonyl (C=O) groups excluding carboxylic acids is 2. The monoisotopic (exact) mass is 381 g/mol. The normalized spacial score (nSPS) is 12.2. The maximum atomic E-state index is 12.5. The van der Waals surface area contributed by atoms with Gasteiger partial charge < -0.3 is 10.1 Å². The fourth-order valence-corrected chi connectivity index (χ4v) is 2.48. The molecule has 7 nitrogen and oxygen atoms in total. The Morgan fingerprint density at radius 1 is 1.27 bits per heavy atom. The molecule has 0 heterocycles. The van der Waals surface area contributed by atoms with Gasteiger partial charge >= 0.3 is 6.09 Å². The second-order valence-electron chi connectivity index (χ2n) is 6.65. The molecule has 0 radical (unpaired) electrons. The summed E-state index contributed by atoms with van der Waals surface area (Å²) in [5, 5.41) is 12.0. The summed E-state index contributed by atoms with van der Waals surface area (Å²) in [6.45, 7) is 5.26. The van der Waals surface area contributed by atoms with Crippen LogP contribution in [0.3, 0.4) is 0 Å². The van der Waals surface area contributed by atoms with E-state index in [1.807, 2.05) is 30.5 Å². The largest absolute Gasteiger partial charge is 0.444 e. The van der Waals surface area contributed by atoms with Crippen molar-refractivity contribution in [2.24, 2.45) is 0 Å². The summed E-state index contributed by atoms with van der Waals surface area (Å²) in [6.07, 6.45) is 1.45. The van der Waals surface area contributed by atoms with E-state index in [9.17, 15) is 9.59 Å². The Morgan fingerprint density at radius 3 is 2.31 bits per heavy atom. The highest BCUT2D eigenvalue weighted by atomic mass is 32.2. The molecule has 0 spiro atoms. The molecule has 0 saturated heterocycles. The molecule has 1 aromatic rings. The summed E-state index contributed by atoms with van der Waals surface area (Å²) in [7, 11) is 2.86. The third kappa shape index (κ3) is 7.05. The predicted molar refractivity (Wildman–Crippen MR) is 103 cm³/mol. The first-order valence-corrected chi connectivity index (χ1v) is 9.33. The number of hydrogen-bond acceptors (Lipinski definition) is 6. The van der Waals surface area contributed by atoms with E-state index >= 15 is 0 Å². The van der Waals surface area contributed by atoms with Gasteiger partial charge in [0.15, 0.2) is 0 Å². The number of rotatable bonds is 6.